The lowest BCUT2D eigenvalue weighted by Crippen LogP contribution is -2.13. The third-order valence-corrected chi connectivity index (χ3v) is 5.28. The molecule has 20 heavy (non-hydrogen) atoms. The van der Waals surface area contributed by atoms with Gasteiger partial charge in [0.05, 0.1) is 22.0 Å². The van der Waals surface area contributed by atoms with Crippen LogP contribution in [0.1, 0.15) is 16.8 Å². The maximum atomic E-state index is 13.2. The molecule has 1 N–H and O–H groups in total. The van der Waals surface area contributed by atoms with Crippen molar-refractivity contribution in [2.75, 3.05) is 17.8 Å². The highest BCUT2D eigenvalue weighted by Gasteiger charge is 2.19. The molecule has 9 heteroatoms. The van der Waals surface area contributed by atoms with Gasteiger partial charge >= 0.3 is 5.97 Å². The number of benzene rings is 1. The summed E-state index contributed by atoms with van der Waals surface area (Å²) in [6.45, 7) is 0. The molecule has 0 aliphatic carbocycles. The molecule has 1 rings (SSSR count). The molecule has 0 fully saturated rings. The van der Waals surface area contributed by atoms with Crippen molar-refractivity contribution >= 4 is 25.6 Å². The van der Waals surface area contributed by atoms with Gasteiger partial charge < -0.3 is 5.11 Å². The van der Waals surface area contributed by atoms with Crippen molar-refractivity contribution in [2.45, 2.75) is 11.3 Å². The predicted molar refractivity (Wildman–Crippen MR) is 69.7 cm³/mol. The van der Waals surface area contributed by atoms with Gasteiger partial charge in [-0.25, -0.2) is 26.0 Å². The molecule has 6 nitrogen and oxygen atoms in total. The Morgan fingerprint density at radius 1 is 1.20 bits per heavy atom. The van der Waals surface area contributed by atoms with Crippen LogP contribution in [0.3, 0.4) is 0 Å². The van der Waals surface area contributed by atoms with E-state index in [0.29, 0.717) is 0 Å². The number of aromatic carboxylic acids is 1. The van der Waals surface area contributed by atoms with Crippen LogP contribution in [0.15, 0.2) is 23.1 Å². The van der Waals surface area contributed by atoms with Gasteiger partial charge in [-0.15, -0.1) is 0 Å². The Morgan fingerprint density at radius 3 is 2.30 bits per heavy atom. The summed E-state index contributed by atoms with van der Waals surface area (Å²) in [7, 11) is -7.13. The maximum Gasteiger partial charge on any atom is 0.338 e. The van der Waals surface area contributed by atoms with Gasteiger partial charge in [-0.2, -0.15) is 0 Å². The molecule has 0 heterocycles. The van der Waals surface area contributed by atoms with Crippen LogP contribution in [0.2, 0.25) is 0 Å². The summed E-state index contributed by atoms with van der Waals surface area (Å²) < 4.78 is 58.8. The first-order valence-corrected chi connectivity index (χ1v) is 9.17. The summed E-state index contributed by atoms with van der Waals surface area (Å²) in [4.78, 5) is 10.4. The zero-order chi connectivity index (χ0) is 15.6. The number of sulfone groups is 2. The van der Waals surface area contributed by atoms with Crippen molar-refractivity contribution in [3.63, 3.8) is 0 Å². The molecule has 0 saturated heterocycles. The Hall–Kier alpha value is -1.48. The normalized spacial score (nSPS) is 12.3. The molecular weight excluding hydrogens is 311 g/mol. The van der Waals surface area contributed by atoms with E-state index in [4.69, 9.17) is 5.11 Å². The molecule has 1 aromatic rings. The Kier molecular flexibility index (Phi) is 4.87. The standard InChI is InChI=1S/C11H13FO6S2/c1-19(15,16)5-2-6-20(17,18)8-3-4-10(12)9(7-8)11(13)14/h3-4,7H,2,5-6H2,1H3,(H,13,14). The van der Waals surface area contributed by atoms with Crippen molar-refractivity contribution in [2.24, 2.45) is 0 Å². The fourth-order valence-corrected chi connectivity index (χ4v) is 3.68. The lowest BCUT2D eigenvalue weighted by atomic mass is 10.2. The molecular formula is C11H13FO6S2. The molecule has 1 aromatic carbocycles. The van der Waals surface area contributed by atoms with Gasteiger partial charge in [-0.3, -0.25) is 0 Å². The fourth-order valence-electron chi connectivity index (χ4n) is 1.49. The summed E-state index contributed by atoms with van der Waals surface area (Å²) in [6, 6.07) is 2.44. The van der Waals surface area contributed by atoms with E-state index in [1.54, 1.807) is 0 Å². The maximum absolute atomic E-state index is 13.2. The molecule has 0 atom stereocenters. The number of carboxylic acid groups (broad SMARTS) is 1. The lowest BCUT2D eigenvalue weighted by Gasteiger charge is -2.06. The largest absolute Gasteiger partial charge is 0.478 e. The van der Waals surface area contributed by atoms with Gasteiger partial charge in [-0.1, -0.05) is 0 Å². The van der Waals surface area contributed by atoms with E-state index in [1.165, 1.54) is 0 Å². The molecule has 0 aromatic heterocycles. The van der Waals surface area contributed by atoms with E-state index in [-0.39, 0.29) is 17.1 Å². The summed E-state index contributed by atoms with van der Waals surface area (Å²) >= 11 is 0. The molecule has 0 unspecified atom stereocenters. The van der Waals surface area contributed by atoms with Crippen LogP contribution < -0.4 is 0 Å². The minimum absolute atomic E-state index is 0.110. The van der Waals surface area contributed by atoms with Crippen molar-refractivity contribution < 1.29 is 31.1 Å². The smallest absolute Gasteiger partial charge is 0.338 e. The molecule has 0 spiro atoms. The number of rotatable bonds is 6. The average molecular weight is 324 g/mol. The van der Waals surface area contributed by atoms with Crippen LogP contribution in [0, 0.1) is 5.82 Å². The van der Waals surface area contributed by atoms with Crippen LogP contribution >= 0.6 is 0 Å². The van der Waals surface area contributed by atoms with Crippen molar-refractivity contribution in [1.29, 1.82) is 0 Å². The quantitative estimate of drug-likeness (QED) is 0.773. The number of carbonyl (C=O) groups is 1. The van der Waals surface area contributed by atoms with Crippen LogP contribution in [0.5, 0.6) is 0 Å². The summed E-state index contributed by atoms with van der Waals surface area (Å²) in [5.74, 6) is -3.35. The fraction of sp³-hybridized carbons (Fsp3) is 0.364. The minimum Gasteiger partial charge on any atom is -0.478 e. The van der Waals surface area contributed by atoms with E-state index in [2.05, 4.69) is 0 Å². The highest BCUT2D eigenvalue weighted by atomic mass is 32.2. The van der Waals surface area contributed by atoms with Crippen LogP contribution in [-0.4, -0.2) is 45.7 Å². The second kappa shape index (κ2) is 5.88. The number of carboxylic acids is 1. The van der Waals surface area contributed by atoms with Crippen molar-refractivity contribution in [1.82, 2.24) is 0 Å². The number of halogens is 1. The first-order chi connectivity index (χ1) is 9.03. The van der Waals surface area contributed by atoms with Crippen molar-refractivity contribution in [3.05, 3.63) is 29.6 Å². The Labute approximate surface area is 116 Å². The molecule has 0 amide bonds. The summed E-state index contributed by atoms with van der Waals surface area (Å²) in [5, 5.41) is 8.72. The Morgan fingerprint density at radius 2 is 1.80 bits per heavy atom. The number of hydrogen-bond acceptors (Lipinski definition) is 5. The number of hydrogen-bond donors (Lipinski definition) is 1. The van der Waals surface area contributed by atoms with E-state index in [9.17, 15) is 26.0 Å². The topological polar surface area (TPSA) is 106 Å². The van der Waals surface area contributed by atoms with E-state index < -0.39 is 42.8 Å². The first-order valence-electron chi connectivity index (χ1n) is 5.46. The predicted octanol–water partition coefficient (Wildman–Crippen LogP) is 0.732. The highest BCUT2D eigenvalue weighted by Crippen LogP contribution is 2.17. The zero-order valence-electron chi connectivity index (χ0n) is 10.5. The van der Waals surface area contributed by atoms with Crippen molar-refractivity contribution in [3.8, 4) is 0 Å². The second-order valence-electron chi connectivity index (χ2n) is 4.25. The van der Waals surface area contributed by atoms with Gasteiger partial charge in [0.1, 0.15) is 15.7 Å². The molecule has 0 aliphatic rings. The van der Waals surface area contributed by atoms with Gasteiger partial charge in [0, 0.05) is 6.26 Å². The second-order valence-corrected chi connectivity index (χ2v) is 8.62. The average Bonchev–Trinajstić information content (AvgIpc) is 2.26. The lowest BCUT2D eigenvalue weighted by molar-refractivity contribution is 0.0691. The van der Waals surface area contributed by atoms with E-state index in [0.717, 1.165) is 24.5 Å². The third-order valence-electron chi connectivity index (χ3n) is 2.46. The van der Waals surface area contributed by atoms with E-state index >= 15 is 0 Å². The Bertz CT molecular complexity index is 721. The molecule has 0 bridgehead atoms. The van der Waals surface area contributed by atoms with Crippen LogP contribution in [0.4, 0.5) is 4.39 Å². The van der Waals surface area contributed by atoms with Gasteiger partial charge in [0.2, 0.25) is 0 Å². The molecule has 0 aliphatic heterocycles. The van der Waals surface area contributed by atoms with Crippen LogP contribution in [0.25, 0.3) is 0 Å². The summed E-state index contributed by atoms with van der Waals surface area (Å²) in [6.07, 6.45) is 0.876. The van der Waals surface area contributed by atoms with Crippen LogP contribution in [-0.2, 0) is 19.7 Å². The summed E-state index contributed by atoms with van der Waals surface area (Å²) in [5.41, 5.74) is -0.741. The van der Waals surface area contributed by atoms with Gasteiger partial charge in [0.25, 0.3) is 0 Å². The van der Waals surface area contributed by atoms with Gasteiger partial charge in [0.15, 0.2) is 9.84 Å². The monoisotopic (exact) mass is 324 g/mol. The SMILES string of the molecule is CS(=O)(=O)CCCS(=O)(=O)c1ccc(F)c(C(=O)O)c1. The Balaban J connectivity index is 2.99. The molecule has 0 radical (unpaired) electrons. The molecule has 0 saturated carbocycles. The first kappa shape index (κ1) is 16.6. The van der Waals surface area contributed by atoms with E-state index in [1.807, 2.05) is 0 Å². The van der Waals surface area contributed by atoms with Gasteiger partial charge in [-0.05, 0) is 24.6 Å². The third kappa shape index (κ3) is 4.57. The minimum atomic E-state index is -3.85. The highest BCUT2D eigenvalue weighted by molar-refractivity contribution is 7.92. The molecule has 112 valence electrons. The zero-order valence-corrected chi connectivity index (χ0v) is 12.2.